The standard InChI is InChI=1S/C16H24N2O.ClH/c1-12-3-2-4-13(11-12)9-10-18-16(19)14-5-7-15(17)8-6-14;/h5-8,12-13H,2-4,9-11,17H2,1H3,(H,18,19);1H. The molecular formula is C16H25ClN2O. The van der Waals surface area contributed by atoms with Gasteiger partial charge in [0.05, 0.1) is 0 Å². The monoisotopic (exact) mass is 296 g/mol. The first-order valence-electron chi connectivity index (χ1n) is 7.29. The normalized spacial score (nSPS) is 21.9. The number of rotatable bonds is 4. The minimum atomic E-state index is 0. The van der Waals surface area contributed by atoms with E-state index >= 15 is 0 Å². The van der Waals surface area contributed by atoms with Crippen molar-refractivity contribution in [2.75, 3.05) is 12.3 Å². The van der Waals surface area contributed by atoms with Crippen LogP contribution in [-0.2, 0) is 0 Å². The molecule has 4 heteroatoms. The predicted octanol–water partition coefficient (Wildman–Crippen LogP) is 3.64. The number of halogens is 1. The zero-order valence-corrected chi connectivity index (χ0v) is 12.9. The first-order chi connectivity index (χ1) is 9.15. The van der Waals surface area contributed by atoms with Crippen LogP contribution in [0.5, 0.6) is 0 Å². The lowest BCUT2D eigenvalue weighted by molar-refractivity contribution is 0.0949. The first-order valence-corrected chi connectivity index (χ1v) is 7.29. The minimum absolute atomic E-state index is 0. The Balaban J connectivity index is 0.00000200. The molecule has 3 N–H and O–H groups in total. The van der Waals surface area contributed by atoms with Crippen LogP contribution < -0.4 is 11.1 Å². The predicted molar refractivity (Wildman–Crippen MR) is 86.2 cm³/mol. The van der Waals surface area contributed by atoms with Gasteiger partial charge in [-0.15, -0.1) is 12.4 Å². The SMILES string of the molecule is CC1CCCC(CCNC(=O)c2ccc(N)cc2)C1.Cl. The Bertz CT molecular complexity index is 419. The number of benzene rings is 1. The van der Waals surface area contributed by atoms with Crippen LogP contribution in [0.25, 0.3) is 0 Å². The van der Waals surface area contributed by atoms with Crippen LogP contribution in [0.2, 0.25) is 0 Å². The molecule has 1 fully saturated rings. The van der Waals surface area contributed by atoms with Gasteiger partial charge >= 0.3 is 0 Å². The fourth-order valence-electron chi connectivity index (χ4n) is 2.95. The molecule has 1 aromatic rings. The molecular weight excluding hydrogens is 272 g/mol. The Morgan fingerprint density at radius 3 is 2.65 bits per heavy atom. The molecule has 1 saturated carbocycles. The van der Waals surface area contributed by atoms with Crippen LogP contribution in [0.4, 0.5) is 5.69 Å². The largest absolute Gasteiger partial charge is 0.399 e. The maximum Gasteiger partial charge on any atom is 0.251 e. The van der Waals surface area contributed by atoms with Crippen molar-refractivity contribution in [1.29, 1.82) is 0 Å². The van der Waals surface area contributed by atoms with Gasteiger partial charge in [-0.2, -0.15) is 0 Å². The van der Waals surface area contributed by atoms with Gasteiger partial charge in [-0.25, -0.2) is 0 Å². The van der Waals surface area contributed by atoms with Gasteiger partial charge in [0.25, 0.3) is 5.91 Å². The third-order valence-electron chi connectivity index (χ3n) is 4.06. The number of carbonyl (C=O) groups excluding carboxylic acids is 1. The van der Waals surface area contributed by atoms with E-state index in [1.165, 1.54) is 25.7 Å². The van der Waals surface area contributed by atoms with E-state index in [0.29, 0.717) is 11.3 Å². The Labute approximate surface area is 127 Å². The molecule has 1 aliphatic rings. The number of hydrogen-bond donors (Lipinski definition) is 2. The van der Waals surface area contributed by atoms with Crippen molar-refractivity contribution in [1.82, 2.24) is 5.32 Å². The number of carbonyl (C=O) groups is 1. The number of nitrogen functional groups attached to an aromatic ring is 1. The van der Waals surface area contributed by atoms with Crippen molar-refractivity contribution in [3.63, 3.8) is 0 Å². The summed E-state index contributed by atoms with van der Waals surface area (Å²) in [5, 5.41) is 3.00. The highest BCUT2D eigenvalue weighted by atomic mass is 35.5. The van der Waals surface area contributed by atoms with E-state index < -0.39 is 0 Å². The number of nitrogens with one attached hydrogen (secondary N) is 1. The zero-order valence-electron chi connectivity index (χ0n) is 12.1. The molecule has 1 aliphatic carbocycles. The van der Waals surface area contributed by atoms with Crippen LogP contribution in [0.15, 0.2) is 24.3 Å². The fourth-order valence-corrected chi connectivity index (χ4v) is 2.95. The number of anilines is 1. The van der Waals surface area contributed by atoms with Crippen molar-refractivity contribution >= 4 is 24.0 Å². The van der Waals surface area contributed by atoms with Crippen LogP contribution in [0.1, 0.15) is 49.4 Å². The molecule has 3 nitrogen and oxygen atoms in total. The smallest absolute Gasteiger partial charge is 0.251 e. The topological polar surface area (TPSA) is 55.1 Å². The maximum absolute atomic E-state index is 11.9. The number of amides is 1. The van der Waals surface area contributed by atoms with E-state index in [9.17, 15) is 4.79 Å². The number of hydrogen-bond acceptors (Lipinski definition) is 2. The van der Waals surface area contributed by atoms with Gasteiger partial charge in [0, 0.05) is 17.8 Å². The highest BCUT2D eigenvalue weighted by Crippen LogP contribution is 2.30. The van der Waals surface area contributed by atoms with E-state index in [2.05, 4.69) is 12.2 Å². The van der Waals surface area contributed by atoms with Gasteiger partial charge in [0.15, 0.2) is 0 Å². The summed E-state index contributed by atoms with van der Waals surface area (Å²) in [6, 6.07) is 7.07. The second-order valence-electron chi connectivity index (χ2n) is 5.80. The van der Waals surface area contributed by atoms with Gasteiger partial charge in [0.1, 0.15) is 0 Å². The summed E-state index contributed by atoms with van der Waals surface area (Å²) in [5.41, 5.74) is 6.98. The summed E-state index contributed by atoms with van der Waals surface area (Å²) in [5.74, 6) is 1.64. The van der Waals surface area contributed by atoms with Crippen LogP contribution in [0.3, 0.4) is 0 Å². The molecule has 0 bridgehead atoms. The third kappa shape index (κ3) is 5.04. The van der Waals surface area contributed by atoms with E-state index in [4.69, 9.17) is 5.73 Å². The summed E-state index contributed by atoms with van der Waals surface area (Å²) < 4.78 is 0. The summed E-state index contributed by atoms with van der Waals surface area (Å²) in [4.78, 5) is 11.9. The Morgan fingerprint density at radius 2 is 2.00 bits per heavy atom. The molecule has 0 heterocycles. The van der Waals surface area contributed by atoms with Gasteiger partial charge in [-0.05, 0) is 48.9 Å². The molecule has 20 heavy (non-hydrogen) atoms. The molecule has 2 atom stereocenters. The van der Waals surface area contributed by atoms with Crippen molar-refractivity contribution in [3.05, 3.63) is 29.8 Å². The Kier molecular flexibility index (Phi) is 6.86. The van der Waals surface area contributed by atoms with Crippen molar-refractivity contribution in [3.8, 4) is 0 Å². The van der Waals surface area contributed by atoms with Gasteiger partial charge in [-0.1, -0.05) is 26.2 Å². The van der Waals surface area contributed by atoms with Gasteiger partial charge < -0.3 is 11.1 Å². The van der Waals surface area contributed by atoms with Crippen molar-refractivity contribution < 1.29 is 4.79 Å². The van der Waals surface area contributed by atoms with E-state index in [0.717, 1.165) is 24.8 Å². The molecule has 1 aromatic carbocycles. The summed E-state index contributed by atoms with van der Waals surface area (Å²) in [6.07, 6.45) is 6.46. The van der Waals surface area contributed by atoms with Crippen molar-refractivity contribution in [2.45, 2.75) is 39.0 Å². The minimum Gasteiger partial charge on any atom is -0.399 e. The molecule has 0 spiro atoms. The van der Waals surface area contributed by atoms with Crippen molar-refractivity contribution in [2.24, 2.45) is 11.8 Å². The van der Waals surface area contributed by atoms with Crippen LogP contribution in [0, 0.1) is 11.8 Å². The summed E-state index contributed by atoms with van der Waals surface area (Å²) >= 11 is 0. The van der Waals surface area contributed by atoms with E-state index in [-0.39, 0.29) is 18.3 Å². The lowest BCUT2D eigenvalue weighted by atomic mass is 9.81. The molecule has 1 amide bonds. The third-order valence-corrected chi connectivity index (χ3v) is 4.06. The maximum atomic E-state index is 11.9. The average Bonchev–Trinajstić information content (AvgIpc) is 2.39. The summed E-state index contributed by atoms with van der Waals surface area (Å²) in [6.45, 7) is 3.11. The highest BCUT2D eigenvalue weighted by molar-refractivity contribution is 5.94. The molecule has 112 valence electrons. The average molecular weight is 297 g/mol. The Hall–Kier alpha value is -1.22. The first kappa shape index (κ1) is 16.8. The van der Waals surface area contributed by atoms with Crippen LogP contribution >= 0.6 is 12.4 Å². The zero-order chi connectivity index (χ0) is 13.7. The lowest BCUT2D eigenvalue weighted by Crippen LogP contribution is -2.27. The van der Waals surface area contributed by atoms with Gasteiger partial charge in [0.2, 0.25) is 0 Å². The number of nitrogens with two attached hydrogens (primary N) is 1. The highest BCUT2D eigenvalue weighted by Gasteiger charge is 2.18. The quantitative estimate of drug-likeness (QED) is 0.834. The lowest BCUT2D eigenvalue weighted by Gasteiger charge is -2.26. The summed E-state index contributed by atoms with van der Waals surface area (Å²) in [7, 11) is 0. The molecule has 0 saturated heterocycles. The van der Waals surface area contributed by atoms with Crippen LogP contribution in [-0.4, -0.2) is 12.5 Å². The Morgan fingerprint density at radius 1 is 1.30 bits per heavy atom. The van der Waals surface area contributed by atoms with E-state index in [1.54, 1.807) is 24.3 Å². The molecule has 2 unspecified atom stereocenters. The molecule has 0 radical (unpaired) electrons. The second-order valence-corrected chi connectivity index (χ2v) is 5.80. The fraction of sp³-hybridized carbons (Fsp3) is 0.562. The van der Waals surface area contributed by atoms with Gasteiger partial charge in [-0.3, -0.25) is 4.79 Å². The molecule has 0 aromatic heterocycles. The molecule has 0 aliphatic heterocycles. The molecule has 2 rings (SSSR count). The second kappa shape index (κ2) is 8.15. The van der Waals surface area contributed by atoms with E-state index in [1.807, 2.05) is 0 Å².